The molecule has 92 valence electrons. The molecule has 0 spiro atoms. The van der Waals surface area contributed by atoms with Gasteiger partial charge in [-0.2, -0.15) is 5.10 Å². The lowest BCUT2D eigenvalue weighted by Crippen LogP contribution is -2.24. The van der Waals surface area contributed by atoms with Gasteiger partial charge < -0.3 is 5.11 Å². The molecule has 2 atom stereocenters. The standard InChI is InChI=1S/C12H23N3O/c1-4-6-7-10(5-2)11(16)8-12-13-9-14-15(12)3/h9-11,16H,4-8H2,1-3H3. The molecule has 4 heteroatoms. The molecule has 0 aromatic carbocycles. The van der Waals surface area contributed by atoms with Gasteiger partial charge in [0.25, 0.3) is 0 Å². The van der Waals surface area contributed by atoms with Crippen molar-refractivity contribution in [3.8, 4) is 0 Å². The van der Waals surface area contributed by atoms with Crippen LogP contribution in [0.5, 0.6) is 0 Å². The maximum atomic E-state index is 10.2. The second-order valence-corrected chi connectivity index (χ2v) is 4.38. The van der Waals surface area contributed by atoms with E-state index in [1.54, 1.807) is 4.68 Å². The molecule has 1 rings (SSSR count). The van der Waals surface area contributed by atoms with Crippen molar-refractivity contribution in [2.24, 2.45) is 13.0 Å². The fraction of sp³-hybridized carbons (Fsp3) is 0.833. The van der Waals surface area contributed by atoms with E-state index in [4.69, 9.17) is 0 Å². The Kier molecular flexibility index (Phi) is 5.46. The minimum absolute atomic E-state index is 0.292. The van der Waals surface area contributed by atoms with Gasteiger partial charge in [0.15, 0.2) is 0 Å². The largest absolute Gasteiger partial charge is 0.392 e. The first-order chi connectivity index (χ1) is 7.69. The van der Waals surface area contributed by atoms with Gasteiger partial charge in [-0.15, -0.1) is 0 Å². The second kappa shape index (κ2) is 6.63. The number of rotatable bonds is 7. The van der Waals surface area contributed by atoms with Crippen LogP contribution in [0.2, 0.25) is 0 Å². The molecule has 0 aliphatic rings. The molecule has 0 amide bonds. The first-order valence-electron chi connectivity index (χ1n) is 6.19. The molecule has 0 aliphatic carbocycles. The highest BCUT2D eigenvalue weighted by atomic mass is 16.3. The van der Waals surface area contributed by atoms with Crippen LogP contribution in [-0.2, 0) is 13.5 Å². The van der Waals surface area contributed by atoms with Crippen molar-refractivity contribution in [3.63, 3.8) is 0 Å². The van der Waals surface area contributed by atoms with E-state index in [-0.39, 0.29) is 6.10 Å². The highest BCUT2D eigenvalue weighted by Crippen LogP contribution is 2.19. The van der Waals surface area contributed by atoms with Crippen molar-refractivity contribution in [3.05, 3.63) is 12.2 Å². The quantitative estimate of drug-likeness (QED) is 0.771. The molecular formula is C12H23N3O. The van der Waals surface area contributed by atoms with E-state index in [9.17, 15) is 5.11 Å². The Morgan fingerprint density at radius 1 is 1.44 bits per heavy atom. The minimum Gasteiger partial charge on any atom is -0.392 e. The fourth-order valence-corrected chi connectivity index (χ4v) is 1.99. The Morgan fingerprint density at radius 2 is 2.19 bits per heavy atom. The fourth-order valence-electron chi connectivity index (χ4n) is 1.99. The normalized spacial score (nSPS) is 15.0. The molecule has 1 heterocycles. The first kappa shape index (κ1) is 13.2. The predicted octanol–water partition coefficient (Wildman–Crippen LogP) is 1.93. The van der Waals surface area contributed by atoms with Gasteiger partial charge in [-0.1, -0.05) is 33.1 Å². The van der Waals surface area contributed by atoms with Crippen LogP contribution in [0.1, 0.15) is 45.4 Å². The Morgan fingerprint density at radius 3 is 2.69 bits per heavy atom. The van der Waals surface area contributed by atoms with E-state index in [0.29, 0.717) is 12.3 Å². The van der Waals surface area contributed by atoms with Gasteiger partial charge in [0.1, 0.15) is 12.2 Å². The molecule has 0 saturated carbocycles. The van der Waals surface area contributed by atoms with Crippen molar-refractivity contribution in [2.75, 3.05) is 0 Å². The predicted molar refractivity (Wildman–Crippen MR) is 64.0 cm³/mol. The van der Waals surface area contributed by atoms with Gasteiger partial charge in [-0.3, -0.25) is 4.68 Å². The summed E-state index contributed by atoms with van der Waals surface area (Å²) in [6.07, 6.45) is 6.36. The van der Waals surface area contributed by atoms with E-state index < -0.39 is 0 Å². The van der Waals surface area contributed by atoms with E-state index in [1.165, 1.54) is 19.2 Å². The number of aliphatic hydroxyl groups is 1. The highest BCUT2D eigenvalue weighted by Gasteiger charge is 2.19. The summed E-state index contributed by atoms with van der Waals surface area (Å²) in [5.41, 5.74) is 0. The lowest BCUT2D eigenvalue weighted by Gasteiger charge is -2.20. The van der Waals surface area contributed by atoms with Crippen LogP contribution in [0.25, 0.3) is 0 Å². The monoisotopic (exact) mass is 225 g/mol. The summed E-state index contributed by atoms with van der Waals surface area (Å²) in [6.45, 7) is 4.32. The molecule has 0 bridgehead atoms. The molecule has 0 fully saturated rings. The van der Waals surface area contributed by atoms with Crippen molar-refractivity contribution in [2.45, 2.75) is 52.1 Å². The molecule has 1 aromatic heterocycles. The number of aliphatic hydroxyl groups excluding tert-OH is 1. The van der Waals surface area contributed by atoms with Gasteiger partial charge in [0.05, 0.1) is 6.10 Å². The summed E-state index contributed by atoms with van der Waals surface area (Å²) >= 11 is 0. The third-order valence-electron chi connectivity index (χ3n) is 3.19. The van der Waals surface area contributed by atoms with Crippen molar-refractivity contribution >= 4 is 0 Å². The number of hydrogen-bond acceptors (Lipinski definition) is 3. The average Bonchev–Trinajstić information content (AvgIpc) is 2.65. The zero-order valence-corrected chi connectivity index (χ0v) is 10.6. The molecule has 2 unspecified atom stereocenters. The summed E-state index contributed by atoms with van der Waals surface area (Å²) < 4.78 is 1.73. The van der Waals surface area contributed by atoms with Crippen molar-refractivity contribution in [1.82, 2.24) is 14.8 Å². The molecule has 16 heavy (non-hydrogen) atoms. The van der Waals surface area contributed by atoms with E-state index in [2.05, 4.69) is 23.9 Å². The zero-order chi connectivity index (χ0) is 12.0. The van der Waals surface area contributed by atoms with Gasteiger partial charge in [-0.25, -0.2) is 4.98 Å². The number of aryl methyl sites for hydroxylation is 1. The van der Waals surface area contributed by atoms with Gasteiger partial charge in [0.2, 0.25) is 0 Å². The van der Waals surface area contributed by atoms with Crippen LogP contribution in [0, 0.1) is 5.92 Å². The molecule has 0 radical (unpaired) electrons. The van der Waals surface area contributed by atoms with Gasteiger partial charge >= 0.3 is 0 Å². The summed E-state index contributed by atoms with van der Waals surface area (Å²) in [4.78, 5) is 4.14. The third-order valence-corrected chi connectivity index (χ3v) is 3.19. The molecule has 4 nitrogen and oxygen atoms in total. The Hall–Kier alpha value is -0.900. The smallest absolute Gasteiger partial charge is 0.138 e. The van der Waals surface area contributed by atoms with Gasteiger partial charge in [0, 0.05) is 13.5 Å². The number of unbranched alkanes of at least 4 members (excludes halogenated alkanes) is 1. The van der Waals surface area contributed by atoms with Crippen LogP contribution >= 0.6 is 0 Å². The Labute approximate surface area is 97.7 Å². The first-order valence-corrected chi connectivity index (χ1v) is 6.19. The zero-order valence-electron chi connectivity index (χ0n) is 10.6. The number of nitrogens with zero attached hydrogens (tertiary/aromatic N) is 3. The Bertz CT molecular complexity index is 298. The lowest BCUT2D eigenvalue weighted by atomic mass is 9.91. The minimum atomic E-state index is -0.292. The van der Waals surface area contributed by atoms with Gasteiger partial charge in [-0.05, 0) is 12.3 Å². The number of aromatic nitrogens is 3. The maximum absolute atomic E-state index is 10.2. The lowest BCUT2D eigenvalue weighted by molar-refractivity contribution is 0.0959. The SMILES string of the molecule is CCCCC(CC)C(O)Cc1ncnn1C. The number of hydrogen-bond donors (Lipinski definition) is 1. The molecular weight excluding hydrogens is 202 g/mol. The van der Waals surface area contributed by atoms with Crippen LogP contribution in [0.3, 0.4) is 0 Å². The highest BCUT2D eigenvalue weighted by molar-refractivity contribution is 4.88. The molecule has 1 N–H and O–H groups in total. The summed E-state index contributed by atoms with van der Waals surface area (Å²) in [7, 11) is 1.86. The van der Waals surface area contributed by atoms with E-state index >= 15 is 0 Å². The van der Waals surface area contributed by atoms with Crippen molar-refractivity contribution < 1.29 is 5.11 Å². The molecule has 0 saturated heterocycles. The summed E-state index contributed by atoms with van der Waals surface area (Å²) in [6, 6.07) is 0. The second-order valence-electron chi connectivity index (χ2n) is 4.38. The van der Waals surface area contributed by atoms with Crippen molar-refractivity contribution in [1.29, 1.82) is 0 Å². The van der Waals surface area contributed by atoms with Crippen LogP contribution < -0.4 is 0 Å². The van der Waals surface area contributed by atoms with E-state index in [1.807, 2.05) is 7.05 Å². The molecule has 1 aromatic rings. The molecule has 0 aliphatic heterocycles. The summed E-state index contributed by atoms with van der Waals surface area (Å²) in [5.74, 6) is 1.25. The van der Waals surface area contributed by atoms with Crippen LogP contribution in [0.15, 0.2) is 6.33 Å². The Balaban J connectivity index is 2.49. The van der Waals surface area contributed by atoms with Crippen LogP contribution in [-0.4, -0.2) is 26.0 Å². The van der Waals surface area contributed by atoms with Crippen LogP contribution in [0.4, 0.5) is 0 Å². The summed E-state index contributed by atoms with van der Waals surface area (Å²) in [5, 5.41) is 14.2. The maximum Gasteiger partial charge on any atom is 0.138 e. The average molecular weight is 225 g/mol. The third kappa shape index (κ3) is 3.59. The van der Waals surface area contributed by atoms with E-state index in [0.717, 1.165) is 18.7 Å². The topological polar surface area (TPSA) is 50.9 Å².